The molecule has 4 rings (SSSR count). The van der Waals surface area contributed by atoms with Crippen molar-refractivity contribution in [2.45, 2.75) is 13.8 Å². The lowest BCUT2D eigenvalue weighted by Crippen LogP contribution is -2.14. The first kappa shape index (κ1) is 21.5. The fraction of sp³-hybridized carbons (Fsp3) is 0.0870. The van der Waals surface area contributed by atoms with Crippen molar-refractivity contribution in [1.82, 2.24) is 15.6 Å². The Bertz CT molecular complexity index is 1360. The molecule has 1 aromatic heterocycles. The van der Waals surface area contributed by atoms with E-state index in [0.29, 0.717) is 33.9 Å². The maximum atomic E-state index is 12.5. The second-order valence-corrected chi connectivity index (χ2v) is 7.34. The fourth-order valence-corrected chi connectivity index (χ4v) is 3.40. The van der Waals surface area contributed by atoms with Crippen molar-refractivity contribution in [3.05, 3.63) is 75.6 Å². The second-order valence-electron chi connectivity index (χ2n) is 7.34. The number of hydrogen-bond donors (Lipinski definition) is 5. The number of aromatic amines is 2. The van der Waals surface area contributed by atoms with Crippen LogP contribution in [0.5, 0.6) is 0 Å². The van der Waals surface area contributed by atoms with Crippen molar-refractivity contribution in [2.24, 2.45) is 5.10 Å². The molecule has 10 heteroatoms. The van der Waals surface area contributed by atoms with Gasteiger partial charge in [0, 0.05) is 36.3 Å². The minimum atomic E-state index is -0.441. The molecule has 10 nitrogen and oxygen atoms in total. The van der Waals surface area contributed by atoms with E-state index in [1.165, 1.54) is 19.9 Å². The van der Waals surface area contributed by atoms with Crippen molar-refractivity contribution in [1.29, 1.82) is 0 Å². The minimum absolute atomic E-state index is 0.188. The molecule has 3 aromatic rings. The molecule has 33 heavy (non-hydrogen) atoms. The van der Waals surface area contributed by atoms with Crippen molar-refractivity contribution in [3.63, 3.8) is 0 Å². The Labute approximate surface area is 187 Å². The first-order valence-corrected chi connectivity index (χ1v) is 9.98. The first-order chi connectivity index (χ1) is 15.8. The van der Waals surface area contributed by atoms with Crippen LogP contribution in [0.25, 0.3) is 17.3 Å². The Morgan fingerprint density at radius 1 is 0.818 bits per heavy atom. The van der Waals surface area contributed by atoms with Crippen LogP contribution in [0, 0.1) is 0 Å². The smallest absolute Gasteiger partial charge is 0.273 e. The summed E-state index contributed by atoms with van der Waals surface area (Å²) in [7, 11) is 0. The molecule has 0 spiro atoms. The number of nitrogens with one attached hydrogen (secondary N) is 5. The highest BCUT2D eigenvalue weighted by atomic mass is 16.2. The zero-order chi connectivity index (χ0) is 23.5. The average molecular weight is 444 g/mol. The Hall–Kier alpha value is -4.73. The van der Waals surface area contributed by atoms with Gasteiger partial charge in [0.2, 0.25) is 11.8 Å². The van der Waals surface area contributed by atoms with Crippen LogP contribution in [0.2, 0.25) is 0 Å². The van der Waals surface area contributed by atoms with E-state index in [-0.39, 0.29) is 23.0 Å². The number of amides is 3. The van der Waals surface area contributed by atoms with Crippen molar-refractivity contribution in [2.75, 3.05) is 10.6 Å². The summed E-state index contributed by atoms with van der Waals surface area (Å²) in [6.45, 7) is 2.83. The lowest BCUT2D eigenvalue weighted by molar-refractivity contribution is -0.116. The predicted octanol–water partition coefficient (Wildman–Crippen LogP) is 2.20. The van der Waals surface area contributed by atoms with Crippen LogP contribution in [0.3, 0.4) is 0 Å². The fourth-order valence-electron chi connectivity index (χ4n) is 3.40. The summed E-state index contributed by atoms with van der Waals surface area (Å²) in [4.78, 5) is 47.4. The summed E-state index contributed by atoms with van der Waals surface area (Å²) >= 11 is 0. The second kappa shape index (κ2) is 8.79. The molecule has 0 saturated heterocycles. The Morgan fingerprint density at radius 3 is 1.91 bits per heavy atom. The topological polar surface area (TPSA) is 148 Å². The number of carbonyl (C=O) groups is 3. The molecule has 1 aliphatic heterocycles. The van der Waals surface area contributed by atoms with Crippen LogP contribution in [-0.2, 0) is 14.4 Å². The van der Waals surface area contributed by atoms with Gasteiger partial charge in [0.05, 0.1) is 16.8 Å². The number of nitrogens with zero attached hydrogens (tertiary/aromatic N) is 1. The highest BCUT2D eigenvalue weighted by Gasteiger charge is 2.25. The molecular formula is C23H20N6O4. The number of hydrogen-bond acceptors (Lipinski definition) is 5. The molecule has 3 amide bonds. The number of carbonyl (C=O) groups excluding carboxylic acids is 3. The van der Waals surface area contributed by atoms with E-state index in [0.717, 1.165) is 0 Å². The maximum Gasteiger partial charge on any atom is 0.273 e. The lowest BCUT2D eigenvalue weighted by Gasteiger charge is -2.06. The van der Waals surface area contributed by atoms with Gasteiger partial charge in [0.25, 0.3) is 11.5 Å². The largest absolute Gasteiger partial charge is 0.326 e. The monoisotopic (exact) mass is 444 g/mol. The normalized spacial score (nSPS) is 14.1. The zero-order valence-electron chi connectivity index (χ0n) is 17.8. The van der Waals surface area contributed by atoms with Crippen molar-refractivity contribution < 1.29 is 14.4 Å². The number of hydrazone groups is 1. The van der Waals surface area contributed by atoms with Crippen molar-refractivity contribution in [3.8, 4) is 11.3 Å². The molecule has 2 heterocycles. The minimum Gasteiger partial charge on any atom is -0.326 e. The third kappa shape index (κ3) is 4.64. The van der Waals surface area contributed by atoms with Gasteiger partial charge < -0.3 is 10.6 Å². The van der Waals surface area contributed by atoms with E-state index in [1.54, 1.807) is 48.5 Å². The highest BCUT2D eigenvalue weighted by molar-refractivity contribution is 6.33. The Kier molecular flexibility index (Phi) is 5.73. The van der Waals surface area contributed by atoms with Gasteiger partial charge in [0.15, 0.2) is 0 Å². The third-order valence-electron chi connectivity index (χ3n) is 4.85. The molecular weight excluding hydrogens is 424 g/mol. The van der Waals surface area contributed by atoms with Crippen molar-refractivity contribution >= 4 is 40.9 Å². The summed E-state index contributed by atoms with van der Waals surface area (Å²) in [6.07, 6.45) is 1.48. The molecule has 0 atom stereocenters. The summed E-state index contributed by atoms with van der Waals surface area (Å²) in [5, 5.41) is 14.9. The van der Waals surface area contributed by atoms with Gasteiger partial charge in [-0.15, -0.1) is 0 Å². The molecule has 0 radical (unpaired) electrons. The van der Waals surface area contributed by atoms with Gasteiger partial charge in [-0.05, 0) is 30.3 Å². The van der Waals surface area contributed by atoms with Gasteiger partial charge in [-0.1, -0.05) is 24.3 Å². The van der Waals surface area contributed by atoms with Gasteiger partial charge in [-0.3, -0.25) is 29.4 Å². The van der Waals surface area contributed by atoms with E-state index in [1.807, 2.05) is 0 Å². The number of rotatable bonds is 5. The molecule has 166 valence electrons. The van der Waals surface area contributed by atoms with E-state index in [2.05, 4.69) is 31.4 Å². The number of aromatic nitrogens is 2. The van der Waals surface area contributed by atoms with Crippen LogP contribution in [0.15, 0.2) is 64.0 Å². The quantitative estimate of drug-likeness (QED) is 0.384. The molecule has 5 N–H and O–H groups in total. The van der Waals surface area contributed by atoms with E-state index in [4.69, 9.17) is 0 Å². The van der Waals surface area contributed by atoms with E-state index < -0.39 is 11.5 Å². The standard InChI is InChI=1S/C23H20N6O4/c1-12(30)24-16-7-3-14(4-8-16)20-18(22(32)28-26-20)11-19-21(27-29-23(19)33)15-5-9-17(10-6-15)25-13(2)31/h3-11H,1-2H3,(H,24,30)(H,25,31)(H,28,32)(H2,27,29,33). The Balaban J connectivity index is 1.68. The molecule has 1 aliphatic rings. The van der Waals surface area contributed by atoms with Crippen LogP contribution in [-0.4, -0.2) is 33.6 Å². The molecule has 0 aliphatic carbocycles. The highest BCUT2D eigenvalue weighted by Crippen LogP contribution is 2.25. The zero-order valence-corrected chi connectivity index (χ0v) is 17.8. The number of anilines is 2. The van der Waals surface area contributed by atoms with Gasteiger partial charge >= 0.3 is 0 Å². The molecule has 0 fully saturated rings. The predicted molar refractivity (Wildman–Crippen MR) is 125 cm³/mol. The van der Waals surface area contributed by atoms with Crippen LogP contribution in [0.1, 0.15) is 25.0 Å². The lowest BCUT2D eigenvalue weighted by atomic mass is 9.99. The van der Waals surface area contributed by atoms with Crippen LogP contribution >= 0.6 is 0 Å². The van der Waals surface area contributed by atoms with Gasteiger partial charge in [0.1, 0.15) is 5.71 Å². The van der Waals surface area contributed by atoms with Crippen LogP contribution in [0.4, 0.5) is 11.4 Å². The Morgan fingerprint density at radius 2 is 1.36 bits per heavy atom. The first-order valence-electron chi connectivity index (χ1n) is 9.98. The number of H-pyrrole nitrogens is 2. The van der Waals surface area contributed by atoms with Gasteiger partial charge in [-0.2, -0.15) is 5.10 Å². The van der Waals surface area contributed by atoms with Gasteiger partial charge in [-0.25, -0.2) is 5.43 Å². The summed E-state index contributed by atoms with van der Waals surface area (Å²) in [5.41, 5.74) is 5.94. The maximum absolute atomic E-state index is 12.5. The average Bonchev–Trinajstić information content (AvgIpc) is 3.32. The molecule has 0 saturated carbocycles. The molecule has 0 unspecified atom stereocenters. The summed E-state index contributed by atoms with van der Waals surface area (Å²) in [6, 6.07) is 13.8. The SMILES string of the molecule is CC(=O)Nc1ccc(C2=NNC(=O)C2=Cc2c(-c3ccc(NC(C)=O)cc3)[nH][nH]c2=O)cc1. The number of benzene rings is 2. The summed E-state index contributed by atoms with van der Waals surface area (Å²) < 4.78 is 0. The molecule has 0 bridgehead atoms. The van der Waals surface area contributed by atoms with E-state index in [9.17, 15) is 19.2 Å². The summed E-state index contributed by atoms with van der Waals surface area (Å²) in [5.74, 6) is -0.821. The van der Waals surface area contributed by atoms with E-state index >= 15 is 0 Å². The van der Waals surface area contributed by atoms with Crippen LogP contribution < -0.4 is 21.6 Å². The molecule has 2 aromatic carbocycles. The third-order valence-corrected chi connectivity index (χ3v) is 4.85.